The van der Waals surface area contributed by atoms with E-state index in [1.165, 1.54) is 59.2 Å². The van der Waals surface area contributed by atoms with Crippen molar-refractivity contribution in [3.8, 4) is 11.1 Å². The molecule has 162 valence electrons. The zero-order chi connectivity index (χ0) is 22.3. The van der Waals surface area contributed by atoms with Gasteiger partial charge in [-0.3, -0.25) is 0 Å². The van der Waals surface area contributed by atoms with E-state index in [4.69, 9.17) is 0 Å². The van der Waals surface area contributed by atoms with Gasteiger partial charge in [0.1, 0.15) is 0 Å². The SMILES string of the molecule is CCCCCc1ccc(-c2ccc(N(c3ccccc3)c3ccc(C)cc3)cc2)c(C)c1. The molecule has 0 aliphatic rings. The molecule has 0 atom stereocenters. The first-order valence-corrected chi connectivity index (χ1v) is 11.8. The van der Waals surface area contributed by atoms with Crippen LogP contribution in [-0.2, 0) is 6.42 Å². The first-order chi connectivity index (χ1) is 15.7. The lowest BCUT2D eigenvalue weighted by Crippen LogP contribution is -2.09. The average Bonchev–Trinajstić information content (AvgIpc) is 2.82. The summed E-state index contributed by atoms with van der Waals surface area (Å²) in [6.07, 6.45) is 5.03. The predicted molar refractivity (Wildman–Crippen MR) is 139 cm³/mol. The van der Waals surface area contributed by atoms with Gasteiger partial charge < -0.3 is 4.90 Å². The Morgan fingerprint density at radius 1 is 0.625 bits per heavy atom. The second kappa shape index (κ2) is 10.3. The van der Waals surface area contributed by atoms with Crippen LogP contribution in [0.25, 0.3) is 11.1 Å². The van der Waals surface area contributed by atoms with E-state index in [0.717, 1.165) is 11.4 Å². The highest BCUT2D eigenvalue weighted by atomic mass is 15.1. The Bertz CT molecular complexity index is 1130. The summed E-state index contributed by atoms with van der Waals surface area (Å²) in [5.41, 5.74) is 10.2. The van der Waals surface area contributed by atoms with Gasteiger partial charge >= 0.3 is 0 Å². The molecule has 0 unspecified atom stereocenters. The second-order valence-corrected chi connectivity index (χ2v) is 8.66. The van der Waals surface area contributed by atoms with Crippen molar-refractivity contribution in [2.75, 3.05) is 4.90 Å². The van der Waals surface area contributed by atoms with Crippen LogP contribution in [0.15, 0.2) is 97.1 Å². The number of nitrogens with zero attached hydrogens (tertiary/aromatic N) is 1. The lowest BCUT2D eigenvalue weighted by atomic mass is 9.96. The van der Waals surface area contributed by atoms with Crippen molar-refractivity contribution in [3.63, 3.8) is 0 Å². The Balaban J connectivity index is 1.63. The summed E-state index contributed by atoms with van der Waals surface area (Å²) in [5.74, 6) is 0. The number of benzene rings is 4. The fraction of sp³-hybridized carbons (Fsp3) is 0.226. The quantitative estimate of drug-likeness (QED) is 0.257. The van der Waals surface area contributed by atoms with Gasteiger partial charge in [-0.15, -0.1) is 0 Å². The van der Waals surface area contributed by atoms with Crippen molar-refractivity contribution in [2.45, 2.75) is 46.5 Å². The third-order valence-electron chi connectivity index (χ3n) is 6.10. The van der Waals surface area contributed by atoms with Crippen molar-refractivity contribution >= 4 is 17.1 Å². The van der Waals surface area contributed by atoms with Crippen molar-refractivity contribution in [3.05, 3.63) is 114 Å². The van der Waals surface area contributed by atoms with Crippen LogP contribution in [0.1, 0.15) is 42.9 Å². The maximum atomic E-state index is 2.36. The molecule has 4 rings (SSSR count). The van der Waals surface area contributed by atoms with Gasteiger partial charge in [0.25, 0.3) is 0 Å². The molecular formula is C31H33N. The van der Waals surface area contributed by atoms with E-state index in [2.05, 4.69) is 123 Å². The molecule has 0 aliphatic carbocycles. The maximum Gasteiger partial charge on any atom is 0.0462 e. The molecule has 1 heteroatoms. The number of unbranched alkanes of at least 4 members (excludes halogenated alkanes) is 2. The molecule has 4 aromatic carbocycles. The molecule has 4 aromatic rings. The molecule has 0 amide bonds. The van der Waals surface area contributed by atoms with E-state index >= 15 is 0 Å². The van der Waals surface area contributed by atoms with Gasteiger partial charge in [-0.1, -0.05) is 86.0 Å². The first kappa shape index (κ1) is 21.9. The van der Waals surface area contributed by atoms with Crippen LogP contribution < -0.4 is 4.90 Å². The Kier molecular flexibility index (Phi) is 7.07. The number of aryl methyl sites for hydroxylation is 3. The summed E-state index contributed by atoms with van der Waals surface area (Å²) >= 11 is 0. The van der Waals surface area contributed by atoms with E-state index in [9.17, 15) is 0 Å². The number of anilines is 3. The summed E-state index contributed by atoms with van der Waals surface area (Å²) in [7, 11) is 0. The largest absolute Gasteiger partial charge is 0.311 e. The summed E-state index contributed by atoms with van der Waals surface area (Å²) < 4.78 is 0. The Labute approximate surface area is 193 Å². The molecule has 0 radical (unpaired) electrons. The fourth-order valence-corrected chi connectivity index (χ4v) is 4.29. The minimum absolute atomic E-state index is 1.16. The minimum Gasteiger partial charge on any atom is -0.311 e. The molecule has 1 nitrogen and oxygen atoms in total. The lowest BCUT2D eigenvalue weighted by Gasteiger charge is -2.25. The second-order valence-electron chi connectivity index (χ2n) is 8.66. The zero-order valence-corrected chi connectivity index (χ0v) is 19.5. The summed E-state index contributed by atoms with van der Waals surface area (Å²) in [6.45, 7) is 6.62. The topological polar surface area (TPSA) is 3.24 Å². The number of hydrogen-bond acceptors (Lipinski definition) is 1. The van der Waals surface area contributed by atoms with Gasteiger partial charge in [0.15, 0.2) is 0 Å². The van der Waals surface area contributed by atoms with Gasteiger partial charge in [-0.2, -0.15) is 0 Å². The Morgan fingerprint density at radius 2 is 1.25 bits per heavy atom. The number of rotatable bonds is 8. The molecule has 0 saturated carbocycles. The zero-order valence-electron chi connectivity index (χ0n) is 19.5. The molecule has 0 aliphatic heterocycles. The van der Waals surface area contributed by atoms with E-state index < -0.39 is 0 Å². The Hall–Kier alpha value is -3.32. The summed E-state index contributed by atoms with van der Waals surface area (Å²) in [5, 5.41) is 0. The maximum absolute atomic E-state index is 2.36. The van der Waals surface area contributed by atoms with E-state index in [-0.39, 0.29) is 0 Å². The normalized spacial score (nSPS) is 10.8. The standard InChI is InChI=1S/C31H33N/c1-4-5-7-10-26-15-22-31(25(3)23-26)27-16-20-30(21-17-27)32(28-11-8-6-9-12-28)29-18-13-24(2)14-19-29/h6,8-9,11-23H,4-5,7,10H2,1-3H3. The van der Waals surface area contributed by atoms with Gasteiger partial charge in [-0.05, 0) is 85.3 Å². The van der Waals surface area contributed by atoms with Crippen LogP contribution in [0, 0.1) is 13.8 Å². The highest BCUT2D eigenvalue weighted by molar-refractivity contribution is 5.78. The van der Waals surface area contributed by atoms with Gasteiger partial charge in [-0.25, -0.2) is 0 Å². The van der Waals surface area contributed by atoms with Crippen LogP contribution in [0.5, 0.6) is 0 Å². The van der Waals surface area contributed by atoms with Crippen molar-refractivity contribution in [1.29, 1.82) is 0 Å². The van der Waals surface area contributed by atoms with Gasteiger partial charge in [0.05, 0.1) is 0 Å². The van der Waals surface area contributed by atoms with E-state index in [1.54, 1.807) is 0 Å². The van der Waals surface area contributed by atoms with Crippen molar-refractivity contribution in [1.82, 2.24) is 0 Å². The third-order valence-corrected chi connectivity index (χ3v) is 6.10. The van der Waals surface area contributed by atoms with Crippen LogP contribution in [0.2, 0.25) is 0 Å². The molecule has 0 saturated heterocycles. The molecule has 0 heterocycles. The smallest absolute Gasteiger partial charge is 0.0462 e. The molecular weight excluding hydrogens is 386 g/mol. The third kappa shape index (κ3) is 5.11. The molecule has 0 spiro atoms. The van der Waals surface area contributed by atoms with Crippen LogP contribution >= 0.6 is 0 Å². The molecule has 0 N–H and O–H groups in total. The summed E-state index contributed by atoms with van der Waals surface area (Å²) in [4.78, 5) is 2.31. The Morgan fingerprint density at radius 3 is 1.88 bits per heavy atom. The fourth-order valence-electron chi connectivity index (χ4n) is 4.29. The summed E-state index contributed by atoms with van der Waals surface area (Å²) in [6, 6.07) is 35.2. The van der Waals surface area contributed by atoms with Gasteiger partial charge in [0.2, 0.25) is 0 Å². The minimum atomic E-state index is 1.16. The molecule has 0 bridgehead atoms. The van der Waals surface area contributed by atoms with Crippen LogP contribution in [0.4, 0.5) is 17.1 Å². The molecule has 32 heavy (non-hydrogen) atoms. The van der Waals surface area contributed by atoms with Crippen LogP contribution in [0.3, 0.4) is 0 Å². The van der Waals surface area contributed by atoms with Crippen LogP contribution in [-0.4, -0.2) is 0 Å². The van der Waals surface area contributed by atoms with Gasteiger partial charge in [0, 0.05) is 17.1 Å². The number of hydrogen-bond donors (Lipinski definition) is 0. The highest BCUT2D eigenvalue weighted by Gasteiger charge is 2.12. The average molecular weight is 420 g/mol. The van der Waals surface area contributed by atoms with Crippen molar-refractivity contribution < 1.29 is 0 Å². The molecule has 0 fully saturated rings. The number of para-hydroxylation sites is 1. The van der Waals surface area contributed by atoms with E-state index in [0.29, 0.717) is 0 Å². The monoisotopic (exact) mass is 419 g/mol. The van der Waals surface area contributed by atoms with E-state index in [1.807, 2.05) is 0 Å². The lowest BCUT2D eigenvalue weighted by molar-refractivity contribution is 0.717. The highest BCUT2D eigenvalue weighted by Crippen LogP contribution is 2.36. The van der Waals surface area contributed by atoms with Crippen molar-refractivity contribution in [2.24, 2.45) is 0 Å². The molecule has 0 aromatic heterocycles. The predicted octanol–water partition coefficient (Wildman–Crippen LogP) is 9.17. The first-order valence-electron chi connectivity index (χ1n) is 11.8.